The minimum absolute atomic E-state index is 0.139. The van der Waals surface area contributed by atoms with E-state index in [2.05, 4.69) is 5.32 Å². The number of aliphatic hydroxyl groups excluding tert-OH is 1. The third kappa shape index (κ3) is 5.71. The smallest absolute Gasteiger partial charge is 0.407 e. The maximum atomic E-state index is 11.5. The average molecular weight is 257 g/mol. The van der Waals surface area contributed by atoms with Gasteiger partial charge in [0.15, 0.2) is 0 Å². The lowest BCUT2D eigenvalue weighted by molar-refractivity contribution is 0.0494. The second kappa shape index (κ2) is 6.98. The highest BCUT2D eigenvalue weighted by Gasteiger charge is 2.24. The van der Waals surface area contributed by atoms with E-state index in [1.54, 1.807) is 0 Å². The average Bonchev–Trinajstić information content (AvgIpc) is 2.29. The maximum absolute atomic E-state index is 11.5. The maximum Gasteiger partial charge on any atom is 0.407 e. The first-order chi connectivity index (χ1) is 8.42. The number of hydrogen-bond donors (Lipinski definition) is 2. The van der Waals surface area contributed by atoms with Crippen molar-refractivity contribution in [3.8, 4) is 0 Å². The molecule has 4 heteroatoms. The van der Waals surface area contributed by atoms with Crippen LogP contribution in [0.4, 0.5) is 4.79 Å². The van der Waals surface area contributed by atoms with E-state index in [-0.39, 0.29) is 12.5 Å². The molecule has 1 rings (SSSR count). The number of rotatable bonds is 4. The van der Waals surface area contributed by atoms with Crippen LogP contribution in [-0.2, 0) is 4.74 Å². The van der Waals surface area contributed by atoms with E-state index in [0.29, 0.717) is 12.5 Å². The lowest BCUT2D eigenvalue weighted by Gasteiger charge is -2.29. The number of hydrogen-bond acceptors (Lipinski definition) is 3. The van der Waals surface area contributed by atoms with E-state index >= 15 is 0 Å². The van der Waals surface area contributed by atoms with Gasteiger partial charge in [0, 0.05) is 19.1 Å². The fourth-order valence-electron chi connectivity index (χ4n) is 2.51. The normalized spacial score (nSPS) is 19.3. The molecule has 0 bridgehead atoms. The number of nitrogens with one attached hydrogen (secondary N) is 1. The number of amides is 1. The van der Waals surface area contributed by atoms with Crippen molar-refractivity contribution in [3.05, 3.63) is 0 Å². The van der Waals surface area contributed by atoms with Crippen molar-refractivity contribution in [1.29, 1.82) is 0 Å². The molecule has 0 heterocycles. The molecule has 0 aromatic rings. The van der Waals surface area contributed by atoms with Gasteiger partial charge in [0.25, 0.3) is 0 Å². The van der Waals surface area contributed by atoms with Gasteiger partial charge in [-0.05, 0) is 26.7 Å². The van der Waals surface area contributed by atoms with E-state index in [1.807, 2.05) is 20.8 Å². The van der Waals surface area contributed by atoms with Crippen molar-refractivity contribution in [2.45, 2.75) is 58.5 Å². The van der Waals surface area contributed by atoms with Crippen molar-refractivity contribution < 1.29 is 14.6 Å². The molecule has 1 amide bonds. The molecule has 1 aliphatic rings. The summed E-state index contributed by atoms with van der Waals surface area (Å²) in [7, 11) is 0. The first kappa shape index (κ1) is 15.3. The predicted octanol–water partition coefficient (Wildman–Crippen LogP) is 2.70. The summed E-state index contributed by atoms with van der Waals surface area (Å²) in [4.78, 5) is 11.5. The zero-order chi connectivity index (χ0) is 13.6. The fraction of sp³-hybridized carbons (Fsp3) is 0.929. The minimum atomic E-state index is -0.469. The van der Waals surface area contributed by atoms with Gasteiger partial charge in [-0.3, -0.25) is 0 Å². The van der Waals surface area contributed by atoms with Crippen LogP contribution in [0.15, 0.2) is 0 Å². The lowest BCUT2D eigenvalue weighted by atomic mass is 9.80. The van der Waals surface area contributed by atoms with Gasteiger partial charge in [0.1, 0.15) is 5.60 Å². The molecule has 0 aromatic carbocycles. The van der Waals surface area contributed by atoms with Crippen LogP contribution in [0.2, 0.25) is 0 Å². The second-order valence-corrected chi connectivity index (χ2v) is 6.22. The van der Waals surface area contributed by atoms with E-state index in [4.69, 9.17) is 4.74 Å². The standard InChI is InChI=1S/C14H27NO3/c1-14(2,3)18-13(17)15-9-12(10-16)11-7-5-4-6-8-11/h11-12,16H,4-10H2,1-3H3,(H,15,17). The lowest BCUT2D eigenvalue weighted by Crippen LogP contribution is -2.38. The Kier molecular flexibility index (Phi) is 5.93. The number of carbonyl (C=O) groups is 1. The topological polar surface area (TPSA) is 58.6 Å². The summed E-state index contributed by atoms with van der Waals surface area (Å²) in [6.45, 7) is 6.18. The van der Waals surface area contributed by atoms with E-state index in [9.17, 15) is 9.90 Å². The summed E-state index contributed by atoms with van der Waals surface area (Å²) in [6.07, 6.45) is 5.73. The summed E-state index contributed by atoms with van der Waals surface area (Å²) in [6, 6.07) is 0. The molecule has 4 nitrogen and oxygen atoms in total. The number of alkyl carbamates (subject to hydrolysis) is 1. The quantitative estimate of drug-likeness (QED) is 0.814. The van der Waals surface area contributed by atoms with Crippen LogP contribution in [0, 0.1) is 11.8 Å². The van der Waals surface area contributed by atoms with Gasteiger partial charge in [0.2, 0.25) is 0 Å². The van der Waals surface area contributed by atoms with E-state index < -0.39 is 11.7 Å². The molecule has 1 saturated carbocycles. The molecule has 1 aliphatic carbocycles. The van der Waals surface area contributed by atoms with Gasteiger partial charge < -0.3 is 15.2 Å². The highest BCUT2D eigenvalue weighted by Crippen LogP contribution is 2.29. The number of ether oxygens (including phenoxy) is 1. The first-order valence-corrected chi connectivity index (χ1v) is 7.00. The summed E-state index contributed by atoms with van der Waals surface area (Å²) in [5, 5.41) is 12.2. The van der Waals surface area contributed by atoms with Gasteiger partial charge in [0.05, 0.1) is 0 Å². The van der Waals surface area contributed by atoms with Crippen LogP contribution in [0.1, 0.15) is 52.9 Å². The second-order valence-electron chi connectivity index (χ2n) is 6.22. The Morgan fingerprint density at radius 1 is 1.33 bits per heavy atom. The fourth-order valence-corrected chi connectivity index (χ4v) is 2.51. The summed E-state index contributed by atoms with van der Waals surface area (Å²) in [5.74, 6) is 0.705. The van der Waals surface area contributed by atoms with Crippen LogP contribution in [0.5, 0.6) is 0 Å². The van der Waals surface area contributed by atoms with Crippen LogP contribution >= 0.6 is 0 Å². The van der Waals surface area contributed by atoms with Crippen molar-refractivity contribution in [2.75, 3.05) is 13.2 Å². The molecule has 106 valence electrons. The molecule has 0 aliphatic heterocycles. The SMILES string of the molecule is CC(C)(C)OC(=O)NCC(CO)C1CCCCC1. The van der Waals surface area contributed by atoms with E-state index in [0.717, 1.165) is 0 Å². The summed E-state index contributed by atoms with van der Waals surface area (Å²) < 4.78 is 5.19. The van der Waals surface area contributed by atoms with Crippen molar-refractivity contribution in [3.63, 3.8) is 0 Å². The van der Waals surface area contributed by atoms with E-state index in [1.165, 1.54) is 32.1 Å². The molecule has 18 heavy (non-hydrogen) atoms. The Morgan fingerprint density at radius 3 is 2.44 bits per heavy atom. The Hall–Kier alpha value is -0.770. The molecule has 0 radical (unpaired) electrons. The highest BCUT2D eigenvalue weighted by atomic mass is 16.6. The Labute approximate surface area is 110 Å². The van der Waals surface area contributed by atoms with Crippen molar-refractivity contribution in [2.24, 2.45) is 11.8 Å². The molecule has 2 N–H and O–H groups in total. The Balaban J connectivity index is 2.32. The Bertz CT molecular complexity index is 254. The van der Waals surface area contributed by atoms with Gasteiger partial charge >= 0.3 is 6.09 Å². The monoisotopic (exact) mass is 257 g/mol. The molecule has 1 fully saturated rings. The van der Waals surface area contributed by atoms with Crippen molar-refractivity contribution in [1.82, 2.24) is 5.32 Å². The van der Waals surface area contributed by atoms with Gasteiger partial charge in [-0.1, -0.05) is 32.1 Å². The Morgan fingerprint density at radius 2 is 1.94 bits per heavy atom. The van der Waals surface area contributed by atoms with Crippen LogP contribution < -0.4 is 5.32 Å². The highest BCUT2D eigenvalue weighted by molar-refractivity contribution is 5.67. The molecule has 0 spiro atoms. The molecule has 1 atom stereocenters. The minimum Gasteiger partial charge on any atom is -0.444 e. The van der Waals surface area contributed by atoms with Gasteiger partial charge in [-0.15, -0.1) is 0 Å². The molecular weight excluding hydrogens is 230 g/mol. The van der Waals surface area contributed by atoms with Crippen molar-refractivity contribution >= 4 is 6.09 Å². The molecular formula is C14H27NO3. The van der Waals surface area contributed by atoms with Gasteiger partial charge in [-0.2, -0.15) is 0 Å². The largest absolute Gasteiger partial charge is 0.444 e. The number of carbonyl (C=O) groups excluding carboxylic acids is 1. The van der Waals surface area contributed by atoms with Crippen LogP contribution in [0.3, 0.4) is 0 Å². The predicted molar refractivity (Wildman–Crippen MR) is 71.4 cm³/mol. The third-order valence-electron chi connectivity index (χ3n) is 3.46. The summed E-state index contributed by atoms with van der Waals surface area (Å²) in [5.41, 5.74) is -0.469. The first-order valence-electron chi connectivity index (χ1n) is 7.00. The van der Waals surface area contributed by atoms with Gasteiger partial charge in [-0.25, -0.2) is 4.79 Å². The zero-order valence-corrected chi connectivity index (χ0v) is 11.9. The molecule has 1 unspecified atom stereocenters. The number of aliphatic hydroxyl groups is 1. The van der Waals surface area contributed by atoms with Crippen LogP contribution in [-0.4, -0.2) is 30.0 Å². The summed E-state index contributed by atoms with van der Waals surface area (Å²) >= 11 is 0. The van der Waals surface area contributed by atoms with Crippen LogP contribution in [0.25, 0.3) is 0 Å². The molecule has 0 saturated heterocycles. The zero-order valence-electron chi connectivity index (χ0n) is 11.9. The molecule has 0 aromatic heterocycles. The third-order valence-corrected chi connectivity index (χ3v) is 3.46.